The summed E-state index contributed by atoms with van der Waals surface area (Å²) in [5.74, 6) is 0. The second kappa shape index (κ2) is 6.80. The molecule has 8 heteroatoms. The van der Waals surface area contributed by atoms with Gasteiger partial charge >= 0.3 is 0 Å². The van der Waals surface area contributed by atoms with E-state index in [0.29, 0.717) is 11.8 Å². The van der Waals surface area contributed by atoms with Crippen molar-refractivity contribution in [3.63, 3.8) is 0 Å². The van der Waals surface area contributed by atoms with Crippen LogP contribution in [0.25, 0.3) is 38.9 Å². The van der Waals surface area contributed by atoms with Crippen LogP contribution in [0.4, 0.5) is 0 Å². The monoisotopic (exact) mass is 414 g/mol. The van der Waals surface area contributed by atoms with Gasteiger partial charge in [-0.3, -0.25) is 18.7 Å². The second-order valence-corrected chi connectivity index (χ2v) is 7.78. The number of nitrogens with one attached hydrogen (secondary N) is 1. The lowest BCUT2D eigenvalue weighted by atomic mass is 10.00. The number of hydrogen-bond donors (Lipinski definition) is 1. The molecule has 0 bridgehead atoms. The summed E-state index contributed by atoms with van der Waals surface area (Å²) in [6.07, 6.45) is 4.28. The molecule has 0 spiro atoms. The maximum absolute atomic E-state index is 12.8. The van der Waals surface area contributed by atoms with Crippen LogP contribution in [0.3, 0.4) is 0 Å². The molecule has 1 N–H and O–H groups in total. The third kappa shape index (κ3) is 2.75. The molecule has 4 heterocycles. The molecule has 8 nitrogen and oxygen atoms in total. The molecule has 0 atom stereocenters. The van der Waals surface area contributed by atoms with Gasteiger partial charge in [-0.05, 0) is 42.7 Å². The maximum atomic E-state index is 12.8. The highest BCUT2D eigenvalue weighted by Gasteiger charge is 2.20. The highest BCUT2D eigenvalue weighted by atomic mass is 16.1. The molecule has 0 unspecified atom stereocenters. The Kier molecular flexibility index (Phi) is 4.18. The molecule has 0 radical (unpaired) electrons. The molecular weight excluding hydrogens is 392 g/mol. The number of aromatic nitrogens is 6. The first-order valence-corrected chi connectivity index (χ1v) is 10.1. The van der Waals surface area contributed by atoms with Crippen molar-refractivity contribution in [3.8, 4) is 22.5 Å². The fraction of sp³-hybridized carbons (Fsp3) is 0.217. The van der Waals surface area contributed by atoms with Crippen LogP contribution in [0.5, 0.6) is 0 Å². The van der Waals surface area contributed by atoms with Crippen molar-refractivity contribution >= 4 is 16.4 Å². The molecule has 0 fully saturated rings. The summed E-state index contributed by atoms with van der Waals surface area (Å²) in [6.45, 7) is 4.00. The van der Waals surface area contributed by atoms with E-state index in [1.165, 1.54) is 0 Å². The zero-order chi connectivity index (χ0) is 21.9. The zero-order valence-corrected chi connectivity index (χ0v) is 17.8. The van der Waals surface area contributed by atoms with E-state index in [9.17, 15) is 9.59 Å². The molecule has 0 saturated heterocycles. The van der Waals surface area contributed by atoms with E-state index in [1.807, 2.05) is 56.8 Å². The van der Waals surface area contributed by atoms with E-state index < -0.39 is 0 Å². The van der Waals surface area contributed by atoms with Gasteiger partial charge in [-0.1, -0.05) is 13.0 Å². The molecule has 0 aliphatic rings. The Labute approximate surface area is 177 Å². The van der Waals surface area contributed by atoms with E-state index in [1.54, 1.807) is 27.5 Å². The minimum atomic E-state index is -0.207. The van der Waals surface area contributed by atoms with Crippen LogP contribution in [0, 0.1) is 6.92 Å². The fourth-order valence-electron chi connectivity index (χ4n) is 4.39. The second-order valence-electron chi connectivity index (χ2n) is 7.78. The van der Waals surface area contributed by atoms with Gasteiger partial charge in [0.25, 0.3) is 11.1 Å². The van der Waals surface area contributed by atoms with Gasteiger partial charge in [-0.2, -0.15) is 10.2 Å². The Hall–Kier alpha value is -3.94. The lowest BCUT2D eigenvalue weighted by Crippen LogP contribution is -2.16. The molecule has 4 aromatic heterocycles. The number of nitrogens with zero attached hydrogens (tertiary/aromatic N) is 5. The minimum absolute atomic E-state index is 0.0918. The van der Waals surface area contributed by atoms with Crippen LogP contribution in [-0.4, -0.2) is 28.9 Å². The van der Waals surface area contributed by atoms with Gasteiger partial charge in [-0.25, -0.2) is 5.10 Å². The third-order valence-corrected chi connectivity index (χ3v) is 5.85. The van der Waals surface area contributed by atoms with E-state index in [4.69, 9.17) is 0 Å². The van der Waals surface area contributed by atoms with Crippen LogP contribution in [0.2, 0.25) is 0 Å². The van der Waals surface area contributed by atoms with E-state index in [0.717, 1.165) is 44.8 Å². The molecule has 5 aromatic rings. The summed E-state index contributed by atoms with van der Waals surface area (Å²) in [4.78, 5) is 25.0. The maximum Gasteiger partial charge on any atom is 0.272 e. The lowest BCUT2D eigenvalue weighted by Gasteiger charge is -2.10. The van der Waals surface area contributed by atoms with Crippen LogP contribution >= 0.6 is 0 Å². The van der Waals surface area contributed by atoms with Crippen LogP contribution in [0.1, 0.15) is 18.2 Å². The normalized spacial score (nSPS) is 11.6. The topological polar surface area (TPSA) is 90.0 Å². The number of rotatable bonds is 3. The average Bonchev–Trinajstić information content (AvgIpc) is 3.31. The van der Waals surface area contributed by atoms with Gasteiger partial charge in [0.2, 0.25) is 0 Å². The number of hydrogen-bond acceptors (Lipinski definition) is 4. The Morgan fingerprint density at radius 1 is 1.06 bits per heavy atom. The predicted octanol–water partition coefficient (Wildman–Crippen LogP) is 2.81. The SMILES string of the molecule is CCc1n[nH]c(=O)c2ccc(-c3cnn(C)c3-c3cc(C)c4n(C)ccc(=O)n34)cc12. The Balaban J connectivity index is 1.82. The Bertz CT molecular complexity index is 1600. The highest BCUT2D eigenvalue weighted by molar-refractivity contribution is 5.91. The summed E-state index contributed by atoms with van der Waals surface area (Å²) in [5, 5.41) is 12.7. The van der Waals surface area contributed by atoms with Crippen molar-refractivity contribution < 1.29 is 0 Å². The summed E-state index contributed by atoms with van der Waals surface area (Å²) in [7, 11) is 3.79. The summed E-state index contributed by atoms with van der Waals surface area (Å²) in [6, 6.07) is 9.30. The van der Waals surface area contributed by atoms with Crippen molar-refractivity contribution in [2.24, 2.45) is 14.1 Å². The zero-order valence-electron chi connectivity index (χ0n) is 17.8. The predicted molar refractivity (Wildman–Crippen MR) is 120 cm³/mol. The number of aryl methyl sites for hydroxylation is 4. The molecule has 0 aliphatic heterocycles. The van der Waals surface area contributed by atoms with Crippen molar-refractivity contribution in [1.82, 2.24) is 28.9 Å². The molecule has 156 valence electrons. The Morgan fingerprint density at radius 3 is 2.65 bits per heavy atom. The van der Waals surface area contributed by atoms with Crippen LogP contribution in [-0.2, 0) is 20.5 Å². The van der Waals surface area contributed by atoms with Gasteiger partial charge < -0.3 is 4.57 Å². The summed E-state index contributed by atoms with van der Waals surface area (Å²) >= 11 is 0. The highest BCUT2D eigenvalue weighted by Crippen LogP contribution is 2.34. The standard InChI is InChI=1S/C23H22N6O2/c1-5-18-16-11-14(6-7-15(16)22(31)26-25-18)17-12-24-28(4)21(17)19-10-13(2)23-27(3)9-8-20(30)29(19)23/h6-12H,5H2,1-4H3,(H,26,31). The Morgan fingerprint density at radius 2 is 1.87 bits per heavy atom. The number of aromatic amines is 1. The molecular formula is C23H22N6O2. The van der Waals surface area contributed by atoms with E-state index in [2.05, 4.69) is 15.3 Å². The van der Waals surface area contributed by atoms with Crippen LogP contribution < -0.4 is 11.1 Å². The molecule has 1 aromatic carbocycles. The first-order valence-electron chi connectivity index (χ1n) is 10.1. The van der Waals surface area contributed by atoms with Crippen LogP contribution in [0.15, 0.2) is 52.3 Å². The van der Waals surface area contributed by atoms with Crippen molar-refractivity contribution in [3.05, 3.63) is 74.7 Å². The fourth-order valence-corrected chi connectivity index (χ4v) is 4.39. The summed E-state index contributed by atoms with van der Waals surface area (Å²) in [5.41, 5.74) is 5.80. The molecule has 0 amide bonds. The number of fused-ring (bicyclic) bond motifs is 2. The van der Waals surface area contributed by atoms with Gasteiger partial charge in [-0.15, -0.1) is 0 Å². The van der Waals surface area contributed by atoms with Gasteiger partial charge in [0.05, 0.1) is 28.7 Å². The van der Waals surface area contributed by atoms with Crippen molar-refractivity contribution in [2.45, 2.75) is 20.3 Å². The van der Waals surface area contributed by atoms with Crippen molar-refractivity contribution in [2.75, 3.05) is 0 Å². The smallest absolute Gasteiger partial charge is 0.272 e. The van der Waals surface area contributed by atoms with Crippen molar-refractivity contribution in [1.29, 1.82) is 0 Å². The molecule has 0 saturated carbocycles. The first kappa shape index (κ1) is 19.0. The van der Waals surface area contributed by atoms with E-state index in [-0.39, 0.29) is 11.1 Å². The van der Waals surface area contributed by atoms with E-state index >= 15 is 0 Å². The quantitative estimate of drug-likeness (QED) is 0.492. The molecule has 31 heavy (non-hydrogen) atoms. The third-order valence-electron chi connectivity index (χ3n) is 5.85. The lowest BCUT2D eigenvalue weighted by molar-refractivity contribution is 0.770. The van der Waals surface area contributed by atoms with Gasteiger partial charge in [0.1, 0.15) is 5.65 Å². The average molecular weight is 414 g/mol. The summed E-state index contributed by atoms with van der Waals surface area (Å²) < 4.78 is 5.45. The van der Waals surface area contributed by atoms with Gasteiger partial charge in [0.15, 0.2) is 0 Å². The molecule has 0 aliphatic carbocycles. The minimum Gasteiger partial charge on any atom is -0.337 e. The number of benzene rings is 1. The number of H-pyrrole nitrogens is 1. The largest absolute Gasteiger partial charge is 0.337 e. The molecule has 5 rings (SSSR count). The first-order chi connectivity index (χ1) is 14.9. The van der Waals surface area contributed by atoms with Gasteiger partial charge in [0, 0.05) is 37.3 Å².